The summed E-state index contributed by atoms with van der Waals surface area (Å²) in [5.41, 5.74) is 0.463. The largest absolute Gasteiger partial charge is 0.495 e. The van der Waals surface area contributed by atoms with Crippen molar-refractivity contribution in [3.63, 3.8) is 0 Å². The first-order valence-corrected chi connectivity index (χ1v) is 10.5. The third-order valence-corrected chi connectivity index (χ3v) is 6.67. The quantitative estimate of drug-likeness (QED) is 0.816. The number of sulfonamides is 1. The number of halogens is 1. The predicted octanol–water partition coefficient (Wildman–Crippen LogP) is 3.78. The van der Waals surface area contributed by atoms with Crippen LogP contribution >= 0.6 is 11.6 Å². The molecule has 0 radical (unpaired) electrons. The average Bonchev–Trinajstić information content (AvgIpc) is 2.69. The first-order chi connectivity index (χ1) is 12.9. The molecule has 0 spiro atoms. The van der Waals surface area contributed by atoms with Gasteiger partial charge in [-0.05, 0) is 43.2 Å². The molecule has 1 aliphatic heterocycles. The number of ether oxygens (including phenoxy) is 1. The molecule has 1 N–H and O–H groups in total. The third-order valence-electron chi connectivity index (χ3n) is 4.47. The van der Waals surface area contributed by atoms with Crippen LogP contribution in [0.2, 0.25) is 5.02 Å². The first kappa shape index (κ1) is 19.7. The van der Waals surface area contributed by atoms with Gasteiger partial charge >= 0.3 is 0 Å². The second kappa shape index (κ2) is 8.29. The Morgan fingerprint density at radius 3 is 2.52 bits per heavy atom. The lowest BCUT2D eigenvalue weighted by molar-refractivity contribution is 0.102. The van der Waals surface area contributed by atoms with Crippen LogP contribution in [0.1, 0.15) is 29.6 Å². The summed E-state index contributed by atoms with van der Waals surface area (Å²) in [6.45, 7) is 0.945. The maximum absolute atomic E-state index is 13.0. The highest BCUT2D eigenvalue weighted by Gasteiger charge is 2.30. The Hall–Kier alpha value is -2.09. The van der Waals surface area contributed by atoms with Crippen LogP contribution in [-0.2, 0) is 10.0 Å². The molecular formula is C19H21ClN2O4S. The molecule has 1 saturated heterocycles. The molecule has 0 bridgehead atoms. The van der Waals surface area contributed by atoms with Gasteiger partial charge in [0.15, 0.2) is 0 Å². The van der Waals surface area contributed by atoms with Crippen molar-refractivity contribution in [2.45, 2.75) is 24.2 Å². The highest BCUT2D eigenvalue weighted by atomic mass is 35.5. The van der Waals surface area contributed by atoms with Crippen LogP contribution in [0.5, 0.6) is 5.75 Å². The van der Waals surface area contributed by atoms with Crippen LogP contribution in [-0.4, -0.2) is 38.8 Å². The number of hydrogen-bond donors (Lipinski definition) is 1. The molecule has 2 aromatic rings. The summed E-state index contributed by atoms with van der Waals surface area (Å²) in [6.07, 6.45) is 2.67. The van der Waals surface area contributed by atoms with E-state index in [0.29, 0.717) is 29.5 Å². The van der Waals surface area contributed by atoms with Crippen molar-refractivity contribution in [3.05, 3.63) is 53.1 Å². The van der Waals surface area contributed by atoms with Gasteiger partial charge in [-0.1, -0.05) is 30.2 Å². The summed E-state index contributed by atoms with van der Waals surface area (Å²) in [7, 11) is -2.26. The van der Waals surface area contributed by atoms with Crippen LogP contribution in [0.25, 0.3) is 0 Å². The monoisotopic (exact) mass is 408 g/mol. The Morgan fingerprint density at radius 2 is 1.81 bits per heavy atom. The summed E-state index contributed by atoms with van der Waals surface area (Å²) < 4.78 is 32.8. The molecule has 1 fully saturated rings. The molecule has 6 nitrogen and oxygen atoms in total. The molecule has 0 aliphatic carbocycles. The number of rotatable bonds is 5. The van der Waals surface area contributed by atoms with Gasteiger partial charge in [0, 0.05) is 18.1 Å². The van der Waals surface area contributed by atoms with Crippen molar-refractivity contribution in [1.29, 1.82) is 0 Å². The molecular weight excluding hydrogens is 388 g/mol. The topological polar surface area (TPSA) is 75.7 Å². The third kappa shape index (κ3) is 4.26. The molecule has 2 aromatic carbocycles. The summed E-state index contributed by atoms with van der Waals surface area (Å²) in [5.74, 6) is -0.101. The van der Waals surface area contributed by atoms with Gasteiger partial charge in [0.2, 0.25) is 10.0 Å². The normalized spacial score (nSPS) is 15.3. The Kier molecular flexibility index (Phi) is 6.04. The number of anilines is 1. The van der Waals surface area contributed by atoms with Crippen molar-refractivity contribution < 1.29 is 17.9 Å². The minimum atomic E-state index is -3.74. The zero-order chi connectivity index (χ0) is 19.4. The van der Waals surface area contributed by atoms with E-state index in [-0.39, 0.29) is 10.5 Å². The number of nitrogens with one attached hydrogen (secondary N) is 1. The number of methoxy groups -OCH3 is 1. The standard InChI is InChI=1S/C19H21ClN2O4S/c1-26-17-10-9-14(20)13-16(17)21-19(23)15-7-3-4-8-18(15)27(24,25)22-11-5-2-6-12-22/h3-4,7-10,13H,2,5-6,11-12H2,1H3,(H,21,23). The Bertz CT molecular complexity index is 940. The number of hydrogen-bond acceptors (Lipinski definition) is 4. The fraction of sp³-hybridized carbons (Fsp3) is 0.316. The second-order valence-corrected chi connectivity index (χ2v) is 8.60. The molecule has 8 heteroatoms. The van der Waals surface area contributed by atoms with Gasteiger partial charge in [-0.3, -0.25) is 4.79 Å². The fourth-order valence-corrected chi connectivity index (χ4v) is 4.97. The average molecular weight is 409 g/mol. The highest BCUT2D eigenvalue weighted by Crippen LogP contribution is 2.29. The van der Waals surface area contributed by atoms with Gasteiger partial charge in [-0.2, -0.15) is 4.31 Å². The fourth-order valence-electron chi connectivity index (χ4n) is 3.09. The van der Waals surface area contributed by atoms with E-state index in [1.165, 1.54) is 23.5 Å². The molecule has 0 unspecified atom stereocenters. The molecule has 3 rings (SSSR count). The summed E-state index contributed by atoms with van der Waals surface area (Å²) in [5, 5.41) is 3.13. The molecule has 0 aromatic heterocycles. The van der Waals surface area contributed by atoms with Gasteiger partial charge in [-0.15, -0.1) is 0 Å². The van der Waals surface area contributed by atoms with E-state index in [4.69, 9.17) is 16.3 Å². The van der Waals surface area contributed by atoms with Gasteiger partial charge in [0.25, 0.3) is 5.91 Å². The van der Waals surface area contributed by atoms with E-state index in [2.05, 4.69) is 5.32 Å². The zero-order valence-electron chi connectivity index (χ0n) is 14.9. The molecule has 27 heavy (non-hydrogen) atoms. The van der Waals surface area contributed by atoms with Crippen molar-refractivity contribution in [1.82, 2.24) is 4.31 Å². The van der Waals surface area contributed by atoms with E-state index < -0.39 is 15.9 Å². The van der Waals surface area contributed by atoms with E-state index in [1.54, 1.807) is 30.3 Å². The number of benzene rings is 2. The molecule has 0 atom stereocenters. The van der Waals surface area contributed by atoms with Crippen molar-refractivity contribution in [2.24, 2.45) is 0 Å². The lowest BCUT2D eigenvalue weighted by Crippen LogP contribution is -2.36. The highest BCUT2D eigenvalue weighted by molar-refractivity contribution is 7.89. The lowest BCUT2D eigenvalue weighted by Gasteiger charge is -2.26. The van der Waals surface area contributed by atoms with Crippen LogP contribution < -0.4 is 10.1 Å². The van der Waals surface area contributed by atoms with E-state index in [0.717, 1.165) is 19.3 Å². The molecule has 1 aliphatic rings. The Balaban J connectivity index is 1.94. The minimum Gasteiger partial charge on any atom is -0.495 e. The molecule has 1 amide bonds. The first-order valence-electron chi connectivity index (χ1n) is 8.67. The van der Waals surface area contributed by atoms with E-state index in [1.807, 2.05) is 0 Å². The number of piperidine rings is 1. The van der Waals surface area contributed by atoms with Crippen molar-refractivity contribution in [3.8, 4) is 5.75 Å². The molecule has 1 heterocycles. The predicted molar refractivity (Wildman–Crippen MR) is 105 cm³/mol. The number of carbonyl (C=O) groups excluding carboxylic acids is 1. The van der Waals surface area contributed by atoms with Crippen LogP contribution in [0.4, 0.5) is 5.69 Å². The van der Waals surface area contributed by atoms with Gasteiger partial charge < -0.3 is 10.1 Å². The zero-order valence-corrected chi connectivity index (χ0v) is 16.5. The second-order valence-electron chi connectivity index (χ2n) is 6.26. The molecule has 144 valence electrons. The summed E-state index contributed by atoms with van der Waals surface area (Å²) in [4.78, 5) is 12.9. The van der Waals surface area contributed by atoms with E-state index in [9.17, 15) is 13.2 Å². The van der Waals surface area contributed by atoms with Crippen molar-refractivity contribution in [2.75, 3.05) is 25.5 Å². The van der Waals surface area contributed by atoms with Gasteiger partial charge in [0.1, 0.15) is 5.75 Å². The van der Waals surface area contributed by atoms with E-state index >= 15 is 0 Å². The minimum absolute atomic E-state index is 0.00500. The lowest BCUT2D eigenvalue weighted by atomic mass is 10.2. The maximum Gasteiger partial charge on any atom is 0.257 e. The van der Waals surface area contributed by atoms with Gasteiger partial charge in [-0.25, -0.2) is 8.42 Å². The smallest absolute Gasteiger partial charge is 0.257 e. The van der Waals surface area contributed by atoms with Crippen molar-refractivity contribution >= 4 is 33.2 Å². The van der Waals surface area contributed by atoms with Gasteiger partial charge in [0.05, 0.1) is 23.3 Å². The summed E-state index contributed by atoms with van der Waals surface area (Å²) >= 11 is 6.00. The van der Waals surface area contributed by atoms with Crippen LogP contribution in [0.3, 0.4) is 0 Å². The number of nitrogens with zero attached hydrogens (tertiary/aromatic N) is 1. The SMILES string of the molecule is COc1ccc(Cl)cc1NC(=O)c1ccccc1S(=O)(=O)N1CCCCC1. The summed E-state index contributed by atoms with van der Waals surface area (Å²) in [6, 6.07) is 11.1. The maximum atomic E-state index is 13.0. The Labute approximate surface area is 164 Å². The van der Waals surface area contributed by atoms with Crippen LogP contribution in [0.15, 0.2) is 47.4 Å². The molecule has 0 saturated carbocycles. The van der Waals surface area contributed by atoms with Crippen LogP contribution in [0, 0.1) is 0 Å². The number of carbonyl (C=O) groups is 1. The number of amides is 1. The Morgan fingerprint density at radius 1 is 1.11 bits per heavy atom.